The zero-order valence-electron chi connectivity index (χ0n) is 10.3. The SMILES string of the molecule is NCCCCS(=O)(=O)Nc1nc2c(s1)CCCC2. The van der Waals surface area contributed by atoms with Crippen molar-refractivity contribution in [1.82, 2.24) is 4.98 Å². The molecule has 1 aromatic heterocycles. The summed E-state index contributed by atoms with van der Waals surface area (Å²) >= 11 is 1.48. The molecule has 1 aliphatic rings. The van der Waals surface area contributed by atoms with Crippen LogP contribution in [0.5, 0.6) is 0 Å². The van der Waals surface area contributed by atoms with E-state index in [0.29, 0.717) is 18.1 Å². The molecule has 0 bridgehead atoms. The summed E-state index contributed by atoms with van der Waals surface area (Å²) in [7, 11) is -3.26. The molecule has 0 saturated heterocycles. The Balaban J connectivity index is 1.98. The molecular weight excluding hydrogens is 270 g/mol. The molecule has 2 rings (SSSR count). The number of hydrogen-bond donors (Lipinski definition) is 2. The maximum atomic E-state index is 11.8. The van der Waals surface area contributed by atoms with Gasteiger partial charge in [0.05, 0.1) is 11.4 Å². The molecule has 0 unspecified atom stereocenters. The Morgan fingerprint density at radius 2 is 2.06 bits per heavy atom. The van der Waals surface area contributed by atoms with E-state index in [1.807, 2.05) is 0 Å². The van der Waals surface area contributed by atoms with Crippen LogP contribution < -0.4 is 10.5 Å². The first-order chi connectivity index (χ1) is 8.61. The molecule has 3 N–H and O–H groups in total. The molecule has 0 radical (unpaired) electrons. The number of nitrogens with two attached hydrogens (primary N) is 1. The van der Waals surface area contributed by atoms with Crippen LogP contribution in [0.1, 0.15) is 36.3 Å². The molecule has 0 aliphatic heterocycles. The lowest BCUT2D eigenvalue weighted by Gasteiger charge is -2.06. The number of anilines is 1. The van der Waals surface area contributed by atoms with Crippen molar-refractivity contribution in [3.8, 4) is 0 Å². The highest BCUT2D eigenvalue weighted by Crippen LogP contribution is 2.30. The fourth-order valence-corrected chi connectivity index (χ4v) is 4.46. The second kappa shape index (κ2) is 5.99. The van der Waals surface area contributed by atoms with Gasteiger partial charge in [-0.25, -0.2) is 13.4 Å². The summed E-state index contributed by atoms with van der Waals surface area (Å²) in [5.74, 6) is 0.119. The number of thiazole rings is 1. The van der Waals surface area contributed by atoms with E-state index < -0.39 is 10.0 Å². The first kappa shape index (κ1) is 13.8. The zero-order chi connectivity index (χ0) is 13.0. The van der Waals surface area contributed by atoms with Crippen molar-refractivity contribution >= 4 is 26.5 Å². The van der Waals surface area contributed by atoms with Crippen LogP contribution in [0.15, 0.2) is 0 Å². The molecule has 7 heteroatoms. The van der Waals surface area contributed by atoms with E-state index in [1.165, 1.54) is 22.6 Å². The van der Waals surface area contributed by atoms with Crippen LogP contribution in [0.3, 0.4) is 0 Å². The van der Waals surface area contributed by atoms with Crippen molar-refractivity contribution in [1.29, 1.82) is 0 Å². The quantitative estimate of drug-likeness (QED) is 0.777. The first-order valence-electron chi connectivity index (χ1n) is 6.30. The van der Waals surface area contributed by atoms with E-state index >= 15 is 0 Å². The number of aromatic nitrogens is 1. The third-order valence-electron chi connectivity index (χ3n) is 2.96. The normalized spacial score (nSPS) is 15.4. The smallest absolute Gasteiger partial charge is 0.234 e. The monoisotopic (exact) mass is 289 g/mol. The van der Waals surface area contributed by atoms with Crippen molar-refractivity contribution in [2.24, 2.45) is 5.73 Å². The van der Waals surface area contributed by atoms with Gasteiger partial charge in [0.2, 0.25) is 10.0 Å². The van der Waals surface area contributed by atoms with Gasteiger partial charge in [-0.1, -0.05) is 0 Å². The van der Waals surface area contributed by atoms with Gasteiger partial charge in [-0.05, 0) is 45.1 Å². The summed E-state index contributed by atoms with van der Waals surface area (Å²) in [6, 6.07) is 0. The standard InChI is InChI=1S/C11H19N3O2S2/c12-7-3-4-8-18(15,16)14-11-13-9-5-1-2-6-10(9)17-11/h1-8,12H2,(H,13,14). The van der Waals surface area contributed by atoms with Crippen molar-refractivity contribution in [3.63, 3.8) is 0 Å². The molecule has 1 aliphatic carbocycles. The van der Waals surface area contributed by atoms with Crippen LogP contribution in [-0.4, -0.2) is 25.7 Å². The summed E-state index contributed by atoms with van der Waals surface area (Å²) in [4.78, 5) is 5.60. The number of sulfonamides is 1. The predicted molar refractivity (Wildman–Crippen MR) is 74.5 cm³/mol. The zero-order valence-corrected chi connectivity index (χ0v) is 11.9. The summed E-state index contributed by atoms with van der Waals surface area (Å²) in [6.45, 7) is 0.529. The van der Waals surface area contributed by atoms with E-state index in [4.69, 9.17) is 5.73 Å². The number of unbranched alkanes of at least 4 members (excludes halogenated alkanes) is 1. The Morgan fingerprint density at radius 1 is 1.28 bits per heavy atom. The van der Waals surface area contributed by atoms with Gasteiger partial charge in [-0.2, -0.15) is 0 Å². The van der Waals surface area contributed by atoms with Gasteiger partial charge in [0.25, 0.3) is 0 Å². The van der Waals surface area contributed by atoms with E-state index in [1.54, 1.807) is 0 Å². The third-order valence-corrected chi connectivity index (χ3v) is 5.49. The maximum absolute atomic E-state index is 11.8. The molecule has 0 amide bonds. The average molecular weight is 289 g/mol. The fraction of sp³-hybridized carbons (Fsp3) is 0.727. The van der Waals surface area contributed by atoms with Gasteiger partial charge < -0.3 is 5.73 Å². The van der Waals surface area contributed by atoms with Gasteiger partial charge in [0.1, 0.15) is 0 Å². The first-order valence-corrected chi connectivity index (χ1v) is 8.77. The number of rotatable bonds is 6. The minimum Gasteiger partial charge on any atom is -0.330 e. The van der Waals surface area contributed by atoms with E-state index in [-0.39, 0.29) is 5.75 Å². The lowest BCUT2D eigenvalue weighted by atomic mass is 10.0. The Hall–Kier alpha value is -0.660. The molecule has 0 fully saturated rings. The maximum Gasteiger partial charge on any atom is 0.234 e. The van der Waals surface area contributed by atoms with Crippen LogP contribution in [0.4, 0.5) is 5.13 Å². The fourth-order valence-electron chi connectivity index (χ4n) is 2.02. The molecule has 0 aromatic carbocycles. The minimum absolute atomic E-state index is 0.119. The van der Waals surface area contributed by atoms with Crippen LogP contribution in [-0.2, 0) is 22.9 Å². The number of hydrogen-bond acceptors (Lipinski definition) is 5. The summed E-state index contributed by atoms with van der Waals surface area (Å²) in [6.07, 6.45) is 5.66. The predicted octanol–water partition coefficient (Wildman–Crippen LogP) is 1.50. The Kier molecular flexibility index (Phi) is 4.58. The van der Waals surface area contributed by atoms with Crippen molar-refractivity contribution in [2.45, 2.75) is 38.5 Å². The largest absolute Gasteiger partial charge is 0.330 e. The average Bonchev–Trinajstić information content (AvgIpc) is 2.70. The van der Waals surface area contributed by atoms with Gasteiger partial charge >= 0.3 is 0 Å². The van der Waals surface area contributed by atoms with Gasteiger partial charge in [-0.3, -0.25) is 4.72 Å². The van der Waals surface area contributed by atoms with Crippen LogP contribution in [0.25, 0.3) is 0 Å². The molecule has 18 heavy (non-hydrogen) atoms. The molecule has 0 atom stereocenters. The second-order valence-corrected chi connectivity index (χ2v) is 7.44. The topological polar surface area (TPSA) is 85.1 Å². The van der Waals surface area contributed by atoms with Crippen LogP contribution in [0.2, 0.25) is 0 Å². The molecule has 1 aromatic rings. The van der Waals surface area contributed by atoms with E-state index in [2.05, 4.69) is 9.71 Å². The molecule has 0 saturated carbocycles. The number of aryl methyl sites for hydroxylation is 2. The Labute approximate surface area is 112 Å². The Bertz CT molecular complexity index is 473. The highest BCUT2D eigenvalue weighted by Gasteiger charge is 2.18. The highest BCUT2D eigenvalue weighted by atomic mass is 32.2. The molecule has 5 nitrogen and oxygen atoms in total. The molecule has 102 valence electrons. The molecular formula is C11H19N3O2S2. The number of nitrogens with one attached hydrogen (secondary N) is 1. The third kappa shape index (κ3) is 3.66. The highest BCUT2D eigenvalue weighted by molar-refractivity contribution is 7.92. The lowest BCUT2D eigenvalue weighted by molar-refractivity contribution is 0.597. The van der Waals surface area contributed by atoms with E-state index in [9.17, 15) is 8.42 Å². The Morgan fingerprint density at radius 3 is 2.78 bits per heavy atom. The second-order valence-electron chi connectivity index (χ2n) is 4.51. The summed E-state index contributed by atoms with van der Waals surface area (Å²) < 4.78 is 26.2. The molecule has 0 spiro atoms. The number of nitrogens with zero attached hydrogens (tertiary/aromatic N) is 1. The van der Waals surface area contributed by atoms with Gasteiger partial charge in [0, 0.05) is 4.88 Å². The van der Waals surface area contributed by atoms with Crippen molar-refractivity contribution in [3.05, 3.63) is 10.6 Å². The summed E-state index contributed by atoms with van der Waals surface area (Å²) in [5.41, 5.74) is 6.43. The van der Waals surface area contributed by atoms with Crippen molar-refractivity contribution in [2.75, 3.05) is 17.0 Å². The minimum atomic E-state index is -3.26. The van der Waals surface area contributed by atoms with Crippen molar-refractivity contribution < 1.29 is 8.42 Å². The number of fused-ring (bicyclic) bond motifs is 1. The van der Waals surface area contributed by atoms with E-state index in [0.717, 1.165) is 31.4 Å². The lowest BCUT2D eigenvalue weighted by Crippen LogP contribution is -2.17. The van der Waals surface area contributed by atoms with Crippen LogP contribution in [0, 0.1) is 0 Å². The molecule has 1 heterocycles. The van der Waals surface area contributed by atoms with Gasteiger partial charge in [0.15, 0.2) is 5.13 Å². The van der Waals surface area contributed by atoms with Gasteiger partial charge in [-0.15, -0.1) is 11.3 Å². The van der Waals surface area contributed by atoms with Crippen LogP contribution >= 0.6 is 11.3 Å². The summed E-state index contributed by atoms with van der Waals surface area (Å²) in [5, 5.41) is 0.523.